The second-order valence-corrected chi connectivity index (χ2v) is 6.11. The average molecular weight is 293 g/mol. The molecule has 0 spiro atoms. The van der Waals surface area contributed by atoms with Crippen LogP contribution in [-0.4, -0.2) is 26.0 Å². The van der Waals surface area contributed by atoms with E-state index in [-0.39, 0.29) is 0 Å². The van der Waals surface area contributed by atoms with Crippen molar-refractivity contribution in [1.29, 1.82) is 0 Å². The van der Waals surface area contributed by atoms with Crippen LogP contribution < -0.4 is 10.1 Å². The summed E-state index contributed by atoms with van der Waals surface area (Å²) in [5.74, 6) is 2.01. The minimum absolute atomic E-state index is 0.926. The number of hydrogen-bond donors (Lipinski definition) is 1. The first-order valence-corrected chi connectivity index (χ1v) is 8.30. The highest BCUT2D eigenvalue weighted by Gasteiger charge is 1.97. The van der Waals surface area contributed by atoms with Gasteiger partial charge in [-0.1, -0.05) is 6.07 Å². The van der Waals surface area contributed by atoms with E-state index in [0.29, 0.717) is 0 Å². The van der Waals surface area contributed by atoms with E-state index in [0.717, 1.165) is 31.0 Å². The number of hydrogen-bond acceptors (Lipinski definition) is 4. The van der Waals surface area contributed by atoms with E-state index in [4.69, 9.17) is 4.74 Å². The lowest BCUT2D eigenvalue weighted by Gasteiger charge is -2.05. The summed E-state index contributed by atoms with van der Waals surface area (Å²) in [6, 6.07) is 10.4. The summed E-state index contributed by atoms with van der Waals surface area (Å²) >= 11 is 3.62. The van der Waals surface area contributed by atoms with E-state index in [1.165, 1.54) is 10.5 Å². The van der Waals surface area contributed by atoms with Gasteiger partial charge < -0.3 is 10.1 Å². The van der Waals surface area contributed by atoms with Crippen LogP contribution in [0.5, 0.6) is 5.75 Å². The molecule has 0 fully saturated rings. The molecular formula is C15H19NOS2. The third-order valence-electron chi connectivity index (χ3n) is 2.76. The van der Waals surface area contributed by atoms with Crippen LogP contribution in [-0.2, 0) is 6.42 Å². The van der Waals surface area contributed by atoms with Crippen molar-refractivity contribution in [3.63, 3.8) is 0 Å². The van der Waals surface area contributed by atoms with Gasteiger partial charge in [0.25, 0.3) is 0 Å². The molecular weight excluding hydrogens is 274 g/mol. The van der Waals surface area contributed by atoms with Gasteiger partial charge in [-0.25, -0.2) is 0 Å². The van der Waals surface area contributed by atoms with E-state index < -0.39 is 0 Å². The van der Waals surface area contributed by atoms with Crippen molar-refractivity contribution in [1.82, 2.24) is 5.32 Å². The van der Waals surface area contributed by atoms with Crippen LogP contribution in [0, 0.1) is 0 Å². The van der Waals surface area contributed by atoms with Crippen molar-refractivity contribution in [3.05, 3.63) is 46.7 Å². The smallest absolute Gasteiger partial charge is 0.119 e. The van der Waals surface area contributed by atoms with Gasteiger partial charge in [-0.15, -0.1) is 11.8 Å². The molecule has 0 radical (unpaired) electrons. The Hall–Kier alpha value is -0.970. The lowest BCUT2D eigenvalue weighted by molar-refractivity contribution is 0.413. The van der Waals surface area contributed by atoms with E-state index in [9.17, 15) is 0 Å². The summed E-state index contributed by atoms with van der Waals surface area (Å²) in [6.45, 7) is 2.08. The molecule has 0 unspecified atom stereocenters. The Morgan fingerprint density at radius 2 is 2.21 bits per heavy atom. The van der Waals surface area contributed by atoms with E-state index in [1.807, 2.05) is 23.9 Å². The minimum Gasteiger partial charge on any atom is -0.497 e. The molecule has 2 aromatic rings. The largest absolute Gasteiger partial charge is 0.497 e. The summed E-state index contributed by atoms with van der Waals surface area (Å²) in [4.78, 5) is 1.26. The highest BCUT2D eigenvalue weighted by atomic mass is 32.2. The first kappa shape index (κ1) is 14.4. The lowest BCUT2D eigenvalue weighted by atomic mass is 10.2. The van der Waals surface area contributed by atoms with Crippen LogP contribution >= 0.6 is 23.1 Å². The number of thioether (sulfide) groups is 1. The maximum absolute atomic E-state index is 5.21. The van der Waals surface area contributed by atoms with Crippen LogP contribution in [0.15, 0.2) is 46.0 Å². The van der Waals surface area contributed by atoms with Crippen LogP contribution in [0.25, 0.3) is 0 Å². The minimum atomic E-state index is 0.926. The molecule has 1 aromatic carbocycles. The average Bonchev–Trinajstić information content (AvgIpc) is 2.96. The molecule has 4 heteroatoms. The summed E-state index contributed by atoms with van der Waals surface area (Å²) < 4.78 is 5.21. The zero-order chi connectivity index (χ0) is 13.3. The fraction of sp³-hybridized carbons (Fsp3) is 0.333. The molecule has 2 rings (SSSR count). The molecule has 0 aliphatic heterocycles. The third-order valence-corrected chi connectivity index (χ3v) is 4.49. The molecule has 2 nitrogen and oxygen atoms in total. The molecule has 0 atom stereocenters. The molecule has 0 amide bonds. The Balaban J connectivity index is 1.58. The molecule has 1 heterocycles. The van der Waals surface area contributed by atoms with Crippen LogP contribution in [0.2, 0.25) is 0 Å². The molecule has 1 N–H and O–H groups in total. The monoisotopic (exact) mass is 293 g/mol. The normalized spacial score (nSPS) is 10.6. The van der Waals surface area contributed by atoms with E-state index in [1.54, 1.807) is 18.4 Å². The van der Waals surface area contributed by atoms with Crippen LogP contribution in [0.1, 0.15) is 5.56 Å². The predicted octanol–water partition coefficient (Wildman–Crippen LogP) is 3.68. The summed E-state index contributed by atoms with van der Waals surface area (Å²) in [7, 11) is 1.70. The fourth-order valence-electron chi connectivity index (χ4n) is 1.72. The number of thiophene rings is 1. The standard InChI is InChI=1S/C15H19NOS2/c1-17-14-3-2-4-15(11-14)19-10-8-16-7-5-13-6-9-18-12-13/h2-4,6,9,11-12,16H,5,7-8,10H2,1H3. The van der Waals surface area contributed by atoms with Crippen molar-refractivity contribution in [3.8, 4) is 5.75 Å². The van der Waals surface area contributed by atoms with Gasteiger partial charge in [0.2, 0.25) is 0 Å². The van der Waals surface area contributed by atoms with E-state index in [2.05, 4.69) is 34.3 Å². The Labute approximate surface area is 123 Å². The van der Waals surface area contributed by atoms with Gasteiger partial charge in [-0.2, -0.15) is 11.3 Å². The molecule has 102 valence electrons. The van der Waals surface area contributed by atoms with Gasteiger partial charge in [0.15, 0.2) is 0 Å². The maximum atomic E-state index is 5.21. The van der Waals surface area contributed by atoms with Gasteiger partial charge in [0.1, 0.15) is 5.75 Å². The second kappa shape index (κ2) is 8.25. The molecule has 19 heavy (non-hydrogen) atoms. The molecule has 0 aliphatic carbocycles. The Bertz CT molecular complexity index is 471. The fourth-order valence-corrected chi connectivity index (χ4v) is 3.28. The second-order valence-electron chi connectivity index (χ2n) is 4.16. The van der Waals surface area contributed by atoms with Crippen molar-refractivity contribution in [2.75, 3.05) is 26.0 Å². The highest BCUT2D eigenvalue weighted by Crippen LogP contribution is 2.22. The topological polar surface area (TPSA) is 21.3 Å². The quantitative estimate of drug-likeness (QED) is 0.592. The van der Waals surface area contributed by atoms with Gasteiger partial charge in [0.05, 0.1) is 7.11 Å². The molecule has 0 aliphatic rings. The highest BCUT2D eigenvalue weighted by molar-refractivity contribution is 7.99. The Kier molecular flexibility index (Phi) is 6.27. The zero-order valence-corrected chi connectivity index (χ0v) is 12.7. The summed E-state index contributed by atoms with van der Waals surface area (Å²) in [5, 5.41) is 7.82. The summed E-state index contributed by atoms with van der Waals surface area (Å²) in [6.07, 6.45) is 1.12. The number of rotatable bonds is 8. The molecule has 0 saturated carbocycles. The molecule has 0 bridgehead atoms. The van der Waals surface area contributed by atoms with Crippen molar-refractivity contribution >= 4 is 23.1 Å². The van der Waals surface area contributed by atoms with Gasteiger partial charge in [-0.05, 0) is 53.6 Å². The number of benzene rings is 1. The zero-order valence-electron chi connectivity index (χ0n) is 11.1. The van der Waals surface area contributed by atoms with Crippen molar-refractivity contribution in [2.24, 2.45) is 0 Å². The first-order chi connectivity index (χ1) is 9.38. The SMILES string of the molecule is COc1cccc(SCCNCCc2ccsc2)c1. The molecule has 0 saturated heterocycles. The van der Waals surface area contributed by atoms with Gasteiger partial charge in [-0.3, -0.25) is 0 Å². The Morgan fingerprint density at radius 1 is 1.26 bits per heavy atom. The predicted molar refractivity (Wildman–Crippen MR) is 84.6 cm³/mol. The van der Waals surface area contributed by atoms with Crippen molar-refractivity contribution in [2.45, 2.75) is 11.3 Å². The van der Waals surface area contributed by atoms with Crippen LogP contribution in [0.3, 0.4) is 0 Å². The van der Waals surface area contributed by atoms with Crippen LogP contribution in [0.4, 0.5) is 0 Å². The first-order valence-electron chi connectivity index (χ1n) is 6.37. The maximum Gasteiger partial charge on any atom is 0.119 e. The van der Waals surface area contributed by atoms with Gasteiger partial charge in [0, 0.05) is 17.2 Å². The van der Waals surface area contributed by atoms with E-state index >= 15 is 0 Å². The summed E-state index contributed by atoms with van der Waals surface area (Å²) in [5.41, 5.74) is 1.43. The number of ether oxygens (including phenoxy) is 1. The molecule has 1 aromatic heterocycles. The Morgan fingerprint density at radius 3 is 3.00 bits per heavy atom. The number of nitrogens with one attached hydrogen (secondary N) is 1. The number of methoxy groups -OCH3 is 1. The third kappa shape index (κ3) is 5.27. The van der Waals surface area contributed by atoms with Crippen molar-refractivity contribution < 1.29 is 4.74 Å². The lowest BCUT2D eigenvalue weighted by Crippen LogP contribution is -2.19. The van der Waals surface area contributed by atoms with Gasteiger partial charge >= 0.3 is 0 Å².